The highest BCUT2D eigenvalue weighted by Gasteiger charge is 2.13. The number of nitrogens with zero attached hydrogens (tertiary/aromatic N) is 1. The second-order valence-corrected chi connectivity index (χ2v) is 5.52. The standard InChI is InChI=1S/C12H20N2OS.ClH/c1-9(2)12-14-11(8-16-12)6-13-10-4-3-5-15-7-10;/h8-10,13H,3-7H2,1-2H3;1H. The van der Waals surface area contributed by atoms with Crippen LogP contribution in [-0.2, 0) is 11.3 Å². The van der Waals surface area contributed by atoms with E-state index in [4.69, 9.17) is 4.74 Å². The maximum absolute atomic E-state index is 5.43. The zero-order chi connectivity index (χ0) is 11.4. The minimum atomic E-state index is 0. The Hall–Kier alpha value is -0.160. The smallest absolute Gasteiger partial charge is 0.0954 e. The third-order valence-corrected chi connectivity index (χ3v) is 3.99. The van der Waals surface area contributed by atoms with Gasteiger partial charge in [-0.3, -0.25) is 0 Å². The van der Waals surface area contributed by atoms with Crippen molar-refractivity contribution < 1.29 is 4.74 Å². The van der Waals surface area contributed by atoms with E-state index in [9.17, 15) is 0 Å². The first-order chi connectivity index (χ1) is 7.75. The molecule has 3 nitrogen and oxygen atoms in total. The number of aromatic nitrogens is 1. The summed E-state index contributed by atoms with van der Waals surface area (Å²) in [6.07, 6.45) is 2.40. The van der Waals surface area contributed by atoms with Crippen LogP contribution in [0, 0.1) is 0 Å². The molecule has 0 aromatic carbocycles. The van der Waals surface area contributed by atoms with Gasteiger partial charge >= 0.3 is 0 Å². The van der Waals surface area contributed by atoms with Gasteiger partial charge < -0.3 is 10.1 Å². The Bertz CT molecular complexity index is 324. The number of rotatable bonds is 4. The largest absolute Gasteiger partial charge is 0.380 e. The Labute approximate surface area is 113 Å². The van der Waals surface area contributed by atoms with Crippen molar-refractivity contribution in [1.29, 1.82) is 0 Å². The van der Waals surface area contributed by atoms with Gasteiger partial charge in [0.15, 0.2) is 0 Å². The lowest BCUT2D eigenvalue weighted by atomic mass is 10.1. The normalized spacial score (nSPS) is 20.3. The predicted molar refractivity (Wildman–Crippen MR) is 74.1 cm³/mol. The summed E-state index contributed by atoms with van der Waals surface area (Å²) in [6, 6.07) is 0.512. The van der Waals surface area contributed by atoms with Crippen LogP contribution in [0.15, 0.2) is 5.38 Å². The molecule has 0 bridgehead atoms. The first kappa shape index (κ1) is 14.9. The SMILES string of the molecule is CC(C)c1nc(CNC2CCCOC2)cs1.Cl. The molecule has 1 aromatic heterocycles. The second-order valence-electron chi connectivity index (χ2n) is 4.63. The van der Waals surface area contributed by atoms with Crippen molar-refractivity contribution in [2.75, 3.05) is 13.2 Å². The average Bonchev–Trinajstić information content (AvgIpc) is 2.76. The molecule has 2 heterocycles. The van der Waals surface area contributed by atoms with Crippen molar-refractivity contribution >= 4 is 23.7 Å². The molecule has 0 radical (unpaired) electrons. The lowest BCUT2D eigenvalue weighted by Crippen LogP contribution is -2.36. The summed E-state index contributed by atoms with van der Waals surface area (Å²) in [5.41, 5.74) is 1.17. The molecule has 5 heteroatoms. The van der Waals surface area contributed by atoms with Gasteiger partial charge in [-0.15, -0.1) is 23.7 Å². The zero-order valence-electron chi connectivity index (χ0n) is 10.4. The molecule has 0 spiro atoms. The first-order valence-electron chi connectivity index (χ1n) is 6.01. The first-order valence-corrected chi connectivity index (χ1v) is 6.89. The molecule has 0 aliphatic carbocycles. The molecule has 0 saturated carbocycles. The number of hydrogen-bond donors (Lipinski definition) is 1. The lowest BCUT2D eigenvalue weighted by Gasteiger charge is -2.22. The van der Waals surface area contributed by atoms with E-state index < -0.39 is 0 Å². The minimum absolute atomic E-state index is 0. The van der Waals surface area contributed by atoms with Gasteiger partial charge in [-0.05, 0) is 12.8 Å². The topological polar surface area (TPSA) is 34.2 Å². The van der Waals surface area contributed by atoms with Gasteiger partial charge in [-0.1, -0.05) is 13.8 Å². The van der Waals surface area contributed by atoms with E-state index in [0.29, 0.717) is 12.0 Å². The van der Waals surface area contributed by atoms with E-state index in [-0.39, 0.29) is 12.4 Å². The van der Waals surface area contributed by atoms with Crippen LogP contribution >= 0.6 is 23.7 Å². The highest BCUT2D eigenvalue weighted by Crippen LogP contribution is 2.19. The molecular weight excluding hydrogens is 256 g/mol. The van der Waals surface area contributed by atoms with Crippen molar-refractivity contribution in [1.82, 2.24) is 10.3 Å². The van der Waals surface area contributed by atoms with Gasteiger partial charge in [-0.2, -0.15) is 0 Å². The van der Waals surface area contributed by atoms with Crippen molar-refractivity contribution in [3.8, 4) is 0 Å². The Kier molecular flexibility index (Phi) is 6.41. The van der Waals surface area contributed by atoms with Gasteiger partial charge in [-0.25, -0.2) is 4.98 Å². The van der Waals surface area contributed by atoms with E-state index in [2.05, 4.69) is 29.5 Å². The van der Waals surface area contributed by atoms with Gasteiger partial charge in [0.25, 0.3) is 0 Å². The lowest BCUT2D eigenvalue weighted by molar-refractivity contribution is 0.0698. The molecule has 1 fully saturated rings. The summed E-state index contributed by atoms with van der Waals surface area (Å²) in [5, 5.41) is 6.90. The molecule has 0 amide bonds. The fraction of sp³-hybridized carbons (Fsp3) is 0.750. The quantitative estimate of drug-likeness (QED) is 0.918. The highest BCUT2D eigenvalue weighted by atomic mass is 35.5. The molecule has 17 heavy (non-hydrogen) atoms. The van der Waals surface area contributed by atoms with Crippen LogP contribution in [0.4, 0.5) is 0 Å². The van der Waals surface area contributed by atoms with E-state index in [1.165, 1.54) is 23.5 Å². The molecule has 1 N–H and O–H groups in total. The van der Waals surface area contributed by atoms with Crippen molar-refractivity contribution in [2.45, 2.75) is 45.2 Å². The summed E-state index contributed by atoms with van der Waals surface area (Å²) in [6.45, 7) is 7.01. The number of halogens is 1. The highest BCUT2D eigenvalue weighted by molar-refractivity contribution is 7.09. The van der Waals surface area contributed by atoms with E-state index >= 15 is 0 Å². The van der Waals surface area contributed by atoms with Crippen LogP contribution in [0.2, 0.25) is 0 Å². The Morgan fingerprint density at radius 2 is 2.41 bits per heavy atom. The summed E-state index contributed by atoms with van der Waals surface area (Å²) >= 11 is 1.76. The van der Waals surface area contributed by atoms with Gasteiger partial charge in [0.05, 0.1) is 17.3 Å². The third-order valence-electron chi connectivity index (χ3n) is 2.80. The molecule has 1 atom stereocenters. The van der Waals surface area contributed by atoms with Crippen LogP contribution in [0.25, 0.3) is 0 Å². The predicted octanol–water partition coefficient (Wildman–Crippen LogP) is 2.96. The van der Waals surface area contributed by atoms with Crippen LogP contribution in [-0.4, -0.2) is 24.2 Å². The van der Waals surface area contributed by atoms with Crippen molar-refractivity contribution in [3.05, 3.63) is 16.1 Å². The summed E-state index contributed by atoms with van der Waals surface area (Å²) in [4.78, 5) is 4.61. The van der Waals surface area contributed by atoms with Crippen LogP contribution in [0.3, 0.4) is 0 Å². The van der Waals surface area contributed by atoms with Crippen LogP contribution < -0.4 is 5.32 Å². The Morgan fingerprint density at radius 3 is 3.00 bits per heavy atom. The zero-order valence-corrected chi connectivity index (χ0v) is 12.1. The summed E-state index contributed by atoms with van der Waals surface area (Å²) in [7, 11) is 0. The van der Waals surface area contributed by atoms with E-state index in [1.807, 2.05) is 0 Å². The fourth-order valence-electron chi connectivity index (χ4n) is 1.82. The number of nitrogens with one attached hydrogen (secondary N) is 1. The van der Waals surface area contributed by atoms with Crippen LogP contribution in [0.5, 0.6) is 0 Å². The van der Waals surface area contributed by atoms with E-state index in [1.54, 1.807) is 11.3 Å². The maximum Gasteiger partial charge on any atom is 0.0954 e. The fourth-order valence-corrected chi connectivity index (χ4v) is 2.65. The minimum Gasteiger partial charge on any atom is -0.380 e. The number of thiazole rings is 1. The monoisotopic (exact) mass is 276 g/mol. The molecule has 1 unspecified atom stereocenters. The maximum atomic E-state index is 5.43. The molecule has 2 rings (SSSR count). The number of ether oxygens (including phenoxy) is 1. The molecule has 1 aromatic rings. The molecule has 1 aliphatic rings. The van der Waals surface area contributed by atoms with Crippen molar-refractivity contribution in [2.24, 2.45) is 0 Å². The van der Waals surface area contributed by atoms with Gasteiger partial charge in [0.1, 0.15) is 0 Å². The van der Waals surface area contributed by atoms with Gasteiger partial charge in [0, 0.05) is 30.5 Å². The summed E-state index contributed by atoms with van der Waals surface area (Å²) in [5.74, 6) is 0.539. The second kappa shape index (κ2) is 7.31. The number of hydrogen-bond acceptors (Lipinski definition) is 4. The Morgan fingerprint density at radius 1 is 1.59 bits per heavy atom. The molecule has 1 saturated heterocycles. The third kappa shape index (κ3) is 4.54. The average molecular weight is 277 g/mol. The van der Waals surface area contributed by atoms with Gasteiger partial charge in [0.2, 0.25) is 0 Å². The van der Waals surface area contributed by atoms with Crippen molar-refractivity contribution in [3.63, 3.8) is 0 Å². The molecular formula is C12H21ClN2OS. The summed E-state index contributed by atoms with van der Waals surface area (Å²) < 4.78 is 5.43. The van der Waals surface area contributed by atoms with E-state index in [0.717, 1.165) is 19.8 Å². The van der Waals surface area contributed by atoms with Crippen LogP contribution in [0.1, 0.15) is 43.3 Å². The molecule has 1 aliphatic heterocycles. The molecule has 98 valence electrons. The Balaban J connectivity index is 0.00000144.